The highest BCUT2D eigenvalue weighted by atomic mass is 35.5. The zero-order valence-electron chi connectivity index (χ0n) is 13.2. The fourth-order valence-electron chi connectivity index (χ4n) is 2.73. The lowest BCUT2D eigenvalue weighted by Gasteiger charge is -2.17. The van der Waals surface area contributed by atoms with Crippen LogP contribution in [0.2, 0.25) is 5.15 Å². The number of nitrogens with zero attached hydrogens (tertiary/aromatic N) is 2. The van der Waals surface area contributed by atoms with Gasteiger partial charge in [0, 0.05) is 23.9 Å². The van der Waals surface area contributed by atoms with E-state index in [1.807, 2.05) is 0 Å². The van der Waals surface area contributed by atoms with Gasteiger partial charge in [0.15, 0.2) is 6.61 Å². The van der Waals surface area contributed by atoms with E-state index in [1.165, 1.54) is 12.3 Å². The van der Waals surface area contributed by atoms with Crippen LogP contribution in [0.15, 0.2) is 30.5 Å². The molecule has 25 heavy (non-hydrogen) atoms. The first-order valence-corrected chi connectivity index (χ1v) is 7.84. The van der Waals surface area contributed by atoms with Gasteiger partial charge in [0.1, 0.15) is 10.9 Å². The van der Waals surface area contributed by atoms with Gasteiger partial charge in [-0.25, -0.2) is 4.98 Å². The maximum Gasteiger partial charge on any atom is 0.422 e. The summed E-state index contributed by atoms with van der Waals surface area (Å²) in [5, 5.41) is 0.306. The molecule has 0 N–H and O–H groups in total. The predicted molar refractivity (Wildman–Crippen MR) is 85.6 cm³/mol. The average molecular weight is 371 g/mol. The maximum absolute atomic E-state index is 12.4. The van der Waals surface area contributed by atoms with Crippen LogP contribution >= 0.6 is 11.6 Å². The molecule has 3 rings (SSSR count). The van der Waals surface area contributed by atoms with Crippen LogP contribution in [0, 0.1) is 6.92 Å². The van der Waals surface area contributed by atoms with Crippen molar-refractivity contribution < 1.29 is 22.7 Å². The Bertz CT molecular complexity index is 824. The number of alkyl halides is 3. The van der Waals surface area contributed by atoms with Crippen molar-refractivity contribution >= 4 is 17.5 Å². The second kappa shape index (κ2) is 6.55. The minimum absolute atomic E-state index is 0.144. The number of hydrogen-bond donors (Lipinski definition) is 0. The standard InChI is InChI=1S/C17H14ClF3N2O2/c1-10-6-11(2-3-14(10)25-9-17(19,20)21)7-23-8-13-12(16(23)24)4-5-22-15(13)18/h2-6H,7-9H2,1H3. The summed E-state index contributed by atoms with van der Waals surface area (Å²) in [4.78, 5) is 18.0. The summed E-state index contributed by atoms with van der Waals surface area (Å²) in [5.74, 6) is 0.0266. The third-order valence-corrected chi connectivity index (χ3v) is 4.20. The molecule has 2 aromatic rings. The van der Waals surface area contributed by atoms with Crippen molar-refractivity contribution in [2.24, 2.45) is 0 Å². The molecule has 0 unspecified atom stereocenters. The molecule has 4 nitrogen and oxygen atoms in total. The molecule has 0 saturated heterocycles. The van der Waals surface area contributed by atoms with E-state index in [0.717, 1.165) is 5.56 Å². The molecule has 2 heterocycles. The molecule has 1 amide bonds. The second-order valence-electron chi connectivity index (χ2n) is 5.79. The first-order valence-electron chi connectivity index (χ1n) is 7.46. The minimum Gasteiger partial charge on any atom is -0.484 e. The Morgan fingerprint density at radius 2 is 2.08 bits per heavy atom. The molecule has 0 aliphatic carbocycles. The van der Waals surface area contributed by atoms with Gasteiger partial charge in [-0.05, 0) is 30.2 Å². The number of amides is 1. The molecule has 1 aliphatic rings. The van der Waals surface area contributed by atoms with Gasteiger partial charge in [0.2, 0.25) is 0 Å². The number of carbonyl (C=O) groups excluding carboxylic acids is 1. The number of halogens is 4. The van der Waals surface area contributed by atoms with E-state index < -0.39 is 12.8 Å². The molecule has 0 radical (unpaired) electrons. The lowest BCUT2D eigenvalue weighted by atomic mass is 10.1. The highest BCUT2D eigenvalue weighted by Gasteiger charge is 2.30. The number of pyridine rings is 1. The SMILES string of the molecule is Cc1cc(CN2Cc3c(ccnc3Cl)C2=O)ccc1OCC(F)(F)F. The Morgan fingerprint density at radius 3 is 2.72 bits per heavy atom. The van der Waals surface area contributed by atoms with Gasteiger partial charge in [-0.15, -0.1) is 0 Å². The molecule has 0 saturated carbocycles. The van der Waals surface area contributed by atoms with Crippen LogP contribution in [-0.2, 0) is 13.1 Å². The van der Waals surface area contributed by atoms with E-state index in [1.54, 1.807) is 30.0 Å². The highest BCUT2D eigenvalue weighted by Crippen LogP contribution is 2.29. The Balaban J connectivity index is 1.71. The number of fused-ring (bicyclic) bond motifs is 1. The molecule has 0 fully saturated rings. The van der Waals surface area contributed by atoms with E-state index >= 15 is 0 Å². The van der Waals surface area contributed by atoms with Crippen molar-refractivity contribution in [3.05, 3.63) is 57.9 Å². The number of aryl methyl sites for hydroxylation is 1. The number of benzene rings is 1. The number of carbonyl (C=O) groups is 1. The monoisotopic (exact) mass is 370 g/mol. The average Bonchev–Trinajstić information content (AvgIpc) is 2.84. The summed E-state index contributed by atoms with van der Waals surface area (Å²) >= 11 is 6.02. The van der Waals surface area contributed by atoms with Crippen molar-refractivity contribution in [1.82, 2.24) is 9.88 Å². The summed E-state index contributed by atoms with van der Waals surface area (Å²) in [6.45, 7) is 1.01. The van der Waals surface area contributed by atoms with Gasteiger partial charge in [-0.1, -0.05) is 23.7 Å². The first kappa shape index (κ1) is 17.5. The Labute approximate surface area is 147 Å². The van der Waals surface area contributed by atoms with Gasteiger partial charge in [0.25, 0.3) is 5.91 Å². The van der Waals surface area contributed by atoms with E-state index in [4.69, 9.17) is 16.3 Å². The van der Waals surface area contributed by atoms with Crippen LogP contribution in [0.4, 0.5) is 13.2 Å². The lowest BCUT2D eigenvalue weighted by Crippen LogP contribution is -2.23. The molecule has 1 aliphatic heterocycles. The molecule has 0 atom stereocenters. The zero-order chi connectivity index (χ0) is 18.2. The number of ether oxygens (including phenoxy) is 1. The minimum atomic E-state index is -4.38. The highest BCUT2D eigenvalue weighted by molar-refractivity contribution is 6.30. The fraction of sp³-hybridized carbons (Fsp3) is 0.294. The molecule has 8 heteroatoms. The predicted octanol–water partition coefficient (Wildman–Crippen LogP) is 4.14. The largest absolute Gasteiger partial charge is 0.484 e. The number of hydrogen-bond acceptors (Lipinski definition) is 3. The van der Waals surface area contributed by atoms with Crippen LogP contribution in [0.5, 0.6) is 5.75 Å². The van der Waals surface area contributed by atoms with Crippen molar-refractivity contribution in [3.63, 3.8) is 0 Å². The molecule has 132 valence electrons. The third-order valence-electron chi connectivity index (χ3n) is 3.87. The summed E-state index contributed by atoms with van der Waals surface area (Å²) in [6.07, 6.45) is -2.90. The van der Waals surface area contributed by atoms with E-state index in [0.29, 0.717) is 34.9 Å². The number of aromatic nitrogens is 1. The quantitative estimate of drug-likeness (QED) is 0.760. The molecule has 0 spiro atoms. The normalized spacial score (nSPS) is 14.0. The van der Waals surface area contributed by atoms with E-state index in [9.17, 15) is 18.0 Å². The van der Waals surface area contributed by atoms with Crippen LogP contribution < -0.4 is 4.74 Å². The van der Waals surface area contributed by atoms with Crippen LogP contribution in [0.1, 0.15) is 27.0 Å². The summed E-state index contributed by atoms with van der Waals surface area (Å²) < 4.78 is 41.5. The Hall–Kier alpha value is -2.28. The van der Waals surface area contributed by atoms with Crippen molar-refractivity contribution in [3.8, 4) is 5.75 Å². The maximum atomic E-state index is 12.4. The smallest absolute Gasteiger partial charge is 0.422 e. The van der Waals surface area contributed by atoms with Crippen LogP contribution in [-0.4, -0.2) is 28.6 Å². The van der Waals surface area contributed by atoms with Crippen molar-refractivity contribution in [2.75, 3.05) is 6.61 Å². The molecule has 1 aromatic carbocycles. The van der Waals surface area contributed by atoms with Gasteiger partial charge in [0.05, 0.1) is 6.54 Å². The summed E-state index contributed by atoms with van der Waals surface area (Å²) in [7, 11) is 0. The van der Waals surface area contributed by atoms with Gasteiger partial charge >= 0.3 is 6.18 Å². The van der Waals surface area contributed by atoms with Crippen molar-refractivity contribution in [1.29, 1.82) is 0 Å². The van der Waals surface area contributed by atoms with Gasteiger partial charge in [-0.3, -0.25) is 4.79 Å². The van der Waals surface area contributed by atoms with E-state index in [-0.39, 0.29) is 11.7 Å². The zero-order valence-corrected chi connectivity index (χ0v) is 14.0. The van der Waals surface area contributed by atoms with Crippen LogP contribution in [0.3, 0.4) is 0 Å². The van der Waals surface area contributed by atoms with Gasteiger partial charge < -0.3 is 9.64 Å². The number of rotatable bonds is 4. The Kier molecular flexibility index (Phi) is 4.60. The van der Waals surface area contributed by atoms with Crippen LogP contribution in [0.25, 0.3) is 0 Å². The van der Waals surface area contributed by atoms with Crippen molar-refractivity contribution in [2.45, 2.75) is 26.2 Å². The summed E-state index contributed by atoms with van der Waals surface area (Å²) in [5.41, 5.74) is 2.59. The lowest BCUT2D eigenvalue weighted by molar-refractivity contribution is -0.153. The molecule has 1 aromatic heterocycles. The second-order valence-corrected chi connectivity index (χ2v) is 6.15. The third kappa shape index (κ3) is 3.87. The first-order chi connectivity index (χ1) is 11.7. The molecular formula is C17H14ClF3N2O2. The van der Waals surface area contributed by atoms with Gasteiger partial charge in [-0.2, -0.15) is 13.2 Å². The summed E-state index contributed by atoms with van der Waals surface area (Å²) in [6, 6.07) is 6.47. The molecular weight excluding hydrogens is 357 g/mol. The Morgan fingerprint density at radius 1 is 1.32 bits per heavy atom. The van der Waals surface area contributed by atoms with E-state index in [2.05, 4.69) is 4.98 Å². The molecule has 0 bridgehead atoms. The fourth-order valence-corrected chi connectivity index (χ4v) is 2.95. The topological polar surface area (TPSA) is 42.4 Å².